The highest BCUT2D eigenvalue weighted by atomic mass is 16.5. The predicted molar refractivity (Wildman–Crippen MR) is 64.5 cm³/mol. The minimum Gasteiger partial charge on any atom is -0.497 e. The number of hydrogen-bond donors (Lipinski definition) is 0. The molecule has 4 nitrogen and oxygen atoms in total. The van der Waals surface area contributed by atoms with E-state index in [1.165, 1.54) is 0 Å². The Kier molecular flexibility index (Phi) is 3.04. The number of aromatic nitrogens is 1. The molecule has 0 unspecified atom stereocenters. The fourth-order valence-electron chi connectivity index (χ4n) is 1.80. The standard InChI is InChI=1S/C13H15NO3/c1-8-5-10(15-3)7-11(16-4)13(8)12-6-9(2)14-17-12/h5-7H,1-4H3. The van der Waals surface area contributed by atoms with Gasteiger partial charge in [0.05, 0.1) is 25.5 Å². The van der Waals surface area contributed by atoms with Crippen LogP contribution >= 0.6 is 0 Å². The van der Waals surface area contributed by atoms with Crippen LogP contribution in [0.3, 0.4) is 0 Å². The lowest BCUT2D eigenvalue weighted by atomic mass is 10.0. The van der Waals surface area contributed by atoms with Crippen LogP contribution in [0.5, 0.6) is 11.5 Å². The molecule has 0 fully saturated rings. The van der Waals surface area contributed by atoms with Crippen molar-refractivity contribution in [1.82, 2.24) is 5.16 Å². The molecular formula is C13H15NO3. The van der Waals surface area contributed by atoms with E-state index in [0.29, 0.717) is 5.76 Å². The van der Waals surface area contributed by atoms with Gasteiger partial charge in [0, 0.05) is 12.1 Å². The molecule has 1 aromatic heterocycles. The Hall–Kier alpha value is -1.97. The van der Waals surface area contributed by atoms with Crippen LogP contribution in [0.25, 0.3) is 11.3 Å². The van der Waals surface area contributed by atoms with Gasteiger partial charge in [-0.1, -0.05) is 5.16 Å². The molecule has 0 spiro atoms. The third kappa shape index (κ3) is 2.11. The highest BCUT2D eigenvalue weighted by Gasteiger charge is 2.15. The van der Waals surface area contributed by atoms with Crippen molar-refractivity contribution in [3.63, 3.8) is 0 Å². The molecule has 0 aliphatic heterocycles. The first-order chi connectivity index (χ1) is 8.15. The molecule has 0 radical (unpaired) electrons. The van der Waals surface area contributed by atoms with Crippen LogP contribution in [0.2, 0.25) is 0 Å². The predicted octanol–water partition coefficient (Wildman–Crippen LogP) is 2.98. The zero-order valence-corrected chi connectivity index (χ0v) is 10.4. The SMILES string of the molecule is COc1cc(C)c(-c2cc(C)no2)c(OC)c1. The molecule has 0 amide bonds. The van der Waals surface area contributed by atoms with Crippen molar-refractivity contribution in [3.8, 4) is 22.8 Å². The van der Waals surface area contributed by atoms with Crippen molar-refractivity contribution in [1.29, 1.82) is 0 Å². The Balaban J connectivity index is 2.60. The van der Waals surface area contributed by atoms with Crippen molar-refractivity contribution in [2.45, 2.75) is 13.8 Å². The van der Waals surface area contributed by atoms with Gasteiger partial charge in [0.2, 0.25) is 0 Å². The van der Waals surface area contributed by atoms with Crippen molar-refractivity contribution < 1.29 is 14.0 Å². The summed E-state index contributed by atoms with van der Waals surface area (Å²) in [6.07, 6.45) is 0. The van der Waals surface area contributed by atoms with E-state index in [4.69, 9.17) is 14.0 Å². The quantitative estimate of drug-likeness (QED) is 0.817. The minimum atomic E-state index is 0.708. The van der Waals surface area contributed by atoms with Crippen molar-refractivity contribution >= 4 is 0 Å². The van der Waals surface area contributed by atoms with E-state index in [-0.39, 0.29) is 0 Å². The molecule has 90 valence electrons. The summed E-state index contributed by atoms with van der Waals surface area (Å²) in [6.45, 7) is 3.87. The summed E-state index contributed by atoms with van der Waals surface area (Å²) in [5, 5.41) is 3.89. The summed E-state index contributed by atoms with van der Waals surface area (Å²) in [7, 11) is 3.26. The van der Waals surface area contributed by atoms with Crippen LogP contribution in [-0.4, -0.2) is 19.4 Å². The van der Waals surface area contributed by atoms with E-state index in [0.717, 1.165) is 28.3 Å². The molecule has 0 bridgehead atoms. The van der Waals surface area contributed by atoms with Crippen LogP contribution in [0.15, 0.2) is 22.7 Å². The Morgan fingerprint density at radius 2 is 1.82 bits per heavy atom. The minimum absolute atomic E-state index is 0.708. The summed E-state index contributed by atoms with van der Waals surface area (Å²) in [5.74, 6) is 2.19. The number of rotatable bonds is 3. The highest BCUT2D eigenvalue weighted by molar-refractivity contribution is 5.71. The van der Waals surface area contributed by atoms with Gasteiger partial charge < -0.3 is 14.0 Å². The molecule has 0 aliphatic rings. The average molecular weight is 233 g/mol. The van der Waals surface area contributed by atoms with Crippen LogP contribution < -0.4 is 9.47 Å². The van der Waals surface area contributed by atoms with E-state index in [1.807, 2.05) is 32.0 Å². The van der Waals surface area contributed by atoms with E-state index in [2.05, 4.69) is 5.16 Å². The van der Waals surface area contributed by atoms with Crippen LogP contribution in [0.4, 0.5) is 0 Å². The molecule has 1 heterocycles. The zero-order valence-electron chi connectivity index (χ0n) is 10.4. The Morgan fingerprint density at radius 3 is 2.35 bits per heavy atom. The van der Waals surface area contributed by atoms with Gasteiger partial charge in [0.25, 0.3) is 0 Å². The van der Waals surface area contributed by atoms with Crippen LogP contribution in [0, 0.1) is 13.8 Å². The number of ether oxygens (including phenoxy) is 2. The number of nitrogens with zero attached hydrogens (tertiary/aromatic N) is 1. The maximum atomic E-state index is 5.36. The van der Waals surface area contributed by atoms with Crippen LogP contribution in [-0.2, 0) is 0 Å². The third-order valence-electron chi connectivity index (χ3n) is 2.60. The fraction of sp³-hybridized carbons (Fsp3) is 0.308. The Labute approximate surface area is 100 Å². The van der Waals surface area contributed by atoms with Crippen molar-refractivity contribution in [3.05, 3.63) is 29.5 Å². The number of aryl methyl sites for hydroxylation is 2. The fourth-order valence-corrected chi connectivity index (χ4v) is 1.80. The summed E-state index contributed by atoms with van der Waals surface area (Å²) in [4.78, 5) is 0. The molecule has 0 atom stereocenters. The monoisotopic (exact) mass is 233 g/mol. The summed E-state index contributed by atoms with van der Waals surface area (Å²) >= 11 is 0. The van der Waals surface area contributed by atoms with Gasteiger partial charge in [-0.15, -0.1) is 0 Å². The van der Waals surface area contributed by atoms with Crippen molar-refractivity contribution in [2.75, 3.05) is 14.2 Å². The summed E-state index contributed by atoms with van der Waals surface area (Å²) in [5.41, 5.74) is 2.78. The lowest BCUT2D eigenvalue weighted by Crippen LogP contribution is -1.93. The van der Waals surface area contributed by atoms with Gasteiger partial charge >= 0.3 is 0 Å². The largest absolute Gasteiger partial charge is 0.497 e. The lowest BCUT2D eigenvalue weighted by Gasteiger charge is -2.11. The highest BCUT2D eigenvalue weighted by Crippen LogP contribution is 2.36. The molecular weight excluding hydrogens is 218 g/mol. The van der Waals surface area contributed by atoms with Crippen LogP contribution in [0.1, 0.15) is 11.3 Å². The second kappa shape index (κ2) is 4.49. The zero-order chi connectivity index (χ0) is 12.4. The van der Waals surface area contributed by atoms with E-state index >= 15 is 0 Å². The normalized spacial score (nSPS) is 10.4. The van der Waals surface area contributed by atoms with E-state index < -0.39 is 0 Å². The third-order valence-corrected chi connectivity index (χ3v) is 2.60. The maximum absolute atomic E-state index is 5.36. The molecule has 0 N–H and O–H groups in total. The number of benzene rings is 1. The first kappa shape index (κ1) is 11.5. The number of hydrogen-bond acceptors (Lipinski definition) is 4. The first-order valence-corrected chi connectivity index (χ1v) is 5.32. The summed E-state index contributed by atoms with van der Waals surface area (Å²) < 4.78 is 15.8. The molecule has 1 aromatic carbocycles. The topological polar surface area (TPSA) is 44.5 Å². The van der Waals surface area contributed by atoms with Gasteiger partial charge in [-0.25, -0.2) is 0 Å². The maximum Gasteiger partial charge on any atom is 0.171 e. The second-order valence-corrected chi connectivity index (χ2v) is 3.85. The Bertz CT molecular complexity index is 531. The van der Waals surface area contributed by atoms with Gasteiger partial charge in [-0.05, 0) is 25.5 Å². The molecule has 2 rings (SSSR count). The van der Waals surface area contributed by atoms with E-state index in [9.17, 15) is 0 Å². The molecule has 17 heavy (non-hydrogen) atoms. The molecule has 2 aromatic rings. The Morgan fingerprint density at radius 1 is 1.06 bits per heavy atom. The number of methoxy groups -OCH3 is 2. The van der Waals surface area contributed by atoms with Gasteiger partial charge in [-0.3, -0.25) is 0 Å². The molecule has 4 heteroatoms. The second-order valence-electron chi connectivity index (χ2n) is 3.85. The molecule has 0 aliphatic carbocycles. The van der Waals surface area contributed by atoms with Crippen molar-refractivity contribution in [2.24, 2.45) is 0 Å². The molecule has 0 saturated heterocycles. The molecule has 0 saturated carbocycles. The van der Waals surface area contributed by atoms with E-state index in [1.54, 1.807) is 14.2 Å². The van der Waals surface area contributed by atoms with Gasteiger partial charge in [0.15, 0.2) is 5.76 Å². The van der Waals surface area contributed by atoms with Gasteiger partial charge in [0.1, 0.15) is 11.5 Å². The average Bonchev–Trinajstić information content (AvgIpc) is 2.74. The summed E-state index contributed by atoms with van der Waals surface area (Å²) in [6, 6.07) is 5.66. The smallest absolute Gasteiger partial charge is 0.171 e. The first-order valence-electron chi connectivity index (χ1n) is 5.32. The lowest BCUT2D eigenvalue weighted by molar-refractivity contribution is 0.390. The van der Waals surface area contributed by atoms with Gasteiger partial charge in [-0.2, -0.15) is 0 Å².